The third kappa shape index (κ3) is 3.69. The van der Waals surface area contributed by atoms with Gasteiger partial charge in [0.15, 0.2) is 0 Å². The number of nitrogens with zero attached hydrogens (tertiary/aromatic N) is 2. The predicted molar refractivity (Wildman–Crippen MR) is 83.4 cm³/mol. The molecule has 0 saturated carbocycles. The first kappa shape index (κ1) is 15.2. The van der Waals surface area contributed by atoms with Crippen LogP contribution in [-0.2, 0) is 12.8 Å². The fourth-order valence-corrected chi connectivity index (χ4v) is 2.52. The van der Waals surface area contributed by atoms with E-state index in [-0.39, 0.29) is 6.04 Å². The number of aromatic nitrogens is 2. The number of pyridine rings is 2. The van der Waals surface area contributed by atoms with E-state index in [2.05, 4.69) is 28.3 Å². The van der Waals surface area contributed by atoms with Crippen molar-refractivity contribution in [1.29, 1.82) is 0 Å². The van der Waals surface area contributed by atoms with Crippen molar-refractivity contribution >= 4 is 23.2 Å². The Labute approximate surface area is 129 Å². The Morgan fingerprint density at radius 1 is 1.20 bits per heavy atom. The summed E-state index contributed by atoms with van der Waals surface area (Å²) in [4.78, 5) is 8.80. The molecule has 1 atom stereocenters. The number of rotatable bonds is 5. The van der Waals surface area contributed by atoms with Gasteiger partial charge in [0, 0.05) is 24.5 Å². The normalized spacial score (nSPS) is 12.4. The summed E-state index contributed by atoms with van der Waals surface area (Å²) in [6, 6.07) is 5.88. The molecule has 2 heterocycles. The van der Waals surface area contributed by atoms with E-state index in [0.717, 1.165) is 24.2 Å². The lowest BCUT2D eigenvalue weighted by atomic mass is 10.1. The fourth-order valence-electron chi connectivity index (χ4n) is 2.01. The summed E-state index contributed by atoms with van der Waals surface area (Å²) in [5.74, 6) is 0. The molecule has 2 aromatic heterocycles. The van der Waals surface area contributed by atoms with E-state index in [9.17, 15) is 0 Å². The third-order valence-electron chi connectivity index (χ3n) is 3.22. The van der Waals surface area contributed by atoms with Gasteiger partial charge < -0.3 is 5.32 Å². The van der Waals surface area contributed by atoms with Gasteiger partial charge in [-0.2, -0.15) is 0 Å². The van der Waals surface area contributed by atoms with Crippen LogP contribution in [0.25, 0.3) is 0 Å². The van der Waals surface area contributed by atoms with Gasteiger partial charge >= 0.3 is 0 Å². The first-order valence-corrected chi connectivity index (χ1v) is 7.31. The van der Waals surface area contributed by atoms with Gasteiger partial charge in [-0.25, -0.2) is 0 Å². The van der Waals surface area contributed by atoms with E-state index in [4.69, 9.17) is 23.2 Å². The fraction of sp³-hybridized carbons (Fsp3) is 0.333. The molecule has 1 N–H and O–H groups in total. The van der Waals surface area contributed by atoms with E-state index in [1.54, 1.807) is 12.3 Å². The second-order valence-corrected chi connectivity index (χ2v) is 5.42. The highest BCUT2D eigenvalue weighted by atomic mass is 35.5. The Kier molecular flexibility index (Phi) is 5.35. The van der Waals surface area contributed by atoms with Crippen molar-refractivity contribution in [2.24, 2.45) is 0 Å². The maximum Gasteiger partial charge on any atom is 0.0764 e. The van der Waals surface area contributed by atoms with Gasteiger partial charge in [0.25, 0.3) is 0 Å². The summed E-state index contributed by atoms with van der Waals surface area (Å²) in [7, 11) is 1.89. The third-order valence-corrected chi connectivity index (χ3v) is 3.73. The maximum absolute atomic E-state index is 6.21. The topological polar surface area (TPSA) is 37.8 Å². The molecule has 0 aromatic carbocycles. The molecule has 1 unspecified atom stereocenters. The largest absolute Gasteiger partial charge is 0.311 e. The number of aryl methyl sites for hydroxylation is 1. The molecule has 0 bridgehead atoms. The predicted octanol–water partition coefficient (Wildman–Crippen LogP) is 3.85. The first-order chi connectivity index (χ1) is 9.63. The first-order valence-electron chi connectivity index (χ1n) is 6.56. The van der Waals surface area contributed by atoms with Crippen LogP contribution in [-0.4, -0.2) is 17.0 Å². The summed E-state index contributed by atoms with van der Waals surface area (Å²) in [5, 5.41) is 4.34. The van der Waals surface area contributed by atoms with Crippen molar-refractivity contribution in [1.82, 2.24) is 15.3 Å². The zero-order valence-corrected chi connectivity index (χ0v) is 13.0. The van der Waals surface area contributed by atoms with Crippen LogP contribution in [0.3, 0.4) is 0 Å². The zero-order valence-electron chi connectivity index (χ0n) is 11.5. The summed E-state index contributed by atoms with van der Waals surface area (Å²) in [6.45, 7) is 2.12. The second-order valence-electron chi connectivity index (χ2n) is 4.58. The van der Waals surface area contributed by atoms with Crippen LogP contribution >= 0.6 is 23.2 Å². The van der Waals surface area contributed by atoms with Gasteiger partial charge in [0.05, 0.1) is 21.8 Å². The van der Waals surface area contributed by atoms with Crippen LogP contribution in [0.1, 0.15) is 29.9 Å². The number of hydrogen-bond donors (Lipinski definition) is 1. The zero-order chi connectivity index (χ0) is 14.5. The molecule has 0 radical (unpaired) electrons. The van der Waals surface area contributed by atoms with E-state index < -0.39 is 0 Å². The van der Waals surface area contributed by atoms with Gasteiger partial charge in [-0.1, -0.05) is 36.2 Å². The summed E-state index contributed by atoms with van der Waals surface area (Å²) < 4.78 is 0. The number of hydrogen-bond acceptors (Lipinski definition) is 3. The van der Waals surface area contributed by atoms with E-state index in [1.807, 2.05) is 19.3 Å². The van der Waals surface area contributed by atoms with Crippen LogP contribution in [0.5, 0.6) is 0 Å². The summed E-state index contributed by atoms with van der Waals surface area (Å²) in [6.07, 6.45) is 5.25. The van der Waals surface area contributed by atoms with Crippen molar-refractivity contribution in [2.75, 3.05) is 7.05 Å². The highest BCUT2D eigenvalue weighted by molar-refractivity contribution is 6.34. The minimum atomic E-state index is 0.0137. The van der Waals surface area contributed by atoms with E-state index in [1.165, 1.54) is 5.56 Å². The molecule has 5 heteroatoms. The van der Waals surface area contributed by atoms with Crippen LogP contribution in [0.15, 0.2) is 30.6 Å². The molecule has 0 amide bonds. The quantitative estimate of drug-likeness (QED) is 0.911. The number of likely N-dealkylation sites (N-methyl/N-ethyl adjacent to an activating group) is 1. The molecule has 0 aliphatic heterocycles. The molecule has 2 rings (SSSR count). The lowest BCUT2D eigenvalue weighted by Gasteiger charge is -2.16. The number of nitrogens with one attached hydrogen (secondary N) is 1. The molecule has 0 aliphatic carbocycles. The standard InChI is InChI=1S/C15H17Cl2N3/c1-3-10-4-5-12(19-8-10)7-14(18-2)15-13(17)6-11(16)9-20-15/h4-6,8-9,14,18H,3,7H2,1-2H3. The monoisotopic (exact) mass is 309 g/mol. The Morgan fingerprint density at radius 3 is 2.55 bits per heavy atom. The van der Waals surface area contributed by atoms with Crippen molar-refractivity contribution in [3.8, 4) is 0 Å². The van der Waals surface area contributed by atoms with E-state index in [0.29, 0.717) is 10.0 Å². The molecule has 0 spiro atoms. The lowest BCUT2D eigenvalue weighted by Crippen LogP contribution is -2.21. The smallest absolute Gasteiger partial charge is 0.0764 e. The van der Waals surface area contributed by atoms with Gasteiger partial charge in [-0.3, -0.25) is 9.97 Å². The van der Waals surface area contributed by atoms with Gasteiger partial charge in [-0.15, -0.1) is 0 Å². The lowest BCUT2D eigenvalue weighted by molar-refractivity contribution is 0.569. The molecular formula is C15H17Cl2N3. The average molecular weight is 310 g/mol. The SMILES string of the molecule is CCc1ccc(CC(NC)c2ncc(Cl)cc2Cl)nc1. The molecule has 106 valence electrons. The highest BCUT2D eigenvalue weighted by Gasteiger charge is 2.16. The van der Waals surface area contributed by atoms with Crippen molar-refractivity contribution in [2.45, 2.75) is 25.8 Å². The van der Waals surface area contributed by atoms with Crippen LogP contribution in [0.2, 0.25) is 10.0 Å². The molecular weight excluding hydrogens is 293 g/mol. The van der Waals surface area contributed by atoms with Gasteiger partial charge in [0.1, 0.15) is 0 Å². The Bertz CT molecular complexity index is 570. The molecule has 20 heavy (non-hydrogen) atoms. The van der Waals surface area contributed by atoms with Crippen molar-refractivity contribution in [3.63, 3.8) is 0 Å². The molecule has 0 saturated heterocycles. The van der Waals surface area contributed by atoms with Crippen LogP contribution < -0.4 is 5.32 Å². The minimum Gasteiger partial charge on any atom is -0.311 e. The minimum absolute atomic E-state index is 0.0137. The number of halogens is 2. The second kappa shape index (κ2) is 7.02. The molecule has 3 nitrogen and oxygen atoms in total. The van der Waals surface area contributed by atoms with Crippen molar-refractivity contribution < 1.29 is 0 Å². The van der Waals surface area contributed by atoms with Crippen LogP contribution in [0, 0.1) is 0 Å². The average Bonchev–Trinajstić information content (AvgIpc) is 2.46. The van der Waals surface area contributed by atoms with Crippen molar-refractivity contribution in [3.05, 3.63) is 57.6 Å². The highest BCUT2D eigenvalue weighted by Crippen LogP contribution is 2.25. The maximum atomic E-state index is 6.21. The summed E-state index contributed by atoms with van der Waals surface area (Å²) in [5.41, 5.74) is 3.03. The van der Waals surface area contributed by atoms with Crippen LogP contribution in [0.4, 0.5) is 0 Å². The molecule has 0 fully saturated rings. The Morgan fingerprint density at radius 2 is 2.00 bits per heavy atom. The van der Waals surface area contributed by atoms with Gasteiger partial charge in [0.2, 0.25) is 0 Å². The Hall–Kier alpha value is -1.16. The Balaban J connectivity index is 2.19. The van der Waals surface area contributed by atoms with E-state index >= 15 is 0 Å². The molecule has 2 aromatic rings. The molecule has 0 aliphatic rings. The summed E-state index contributed by atoms with van der Waals surface area (Å²) >= 11 is 12.1. The van der Waals surface area contributed by atoms with Gasteiger partial charge in [-0.05, 0) is 31.2 Å².